The number of carbonyl (C=O) groups excluding carboxylic acids is 2. The van der Waals surface area contributed by atoms with Gasteiger partial charge in [-0.3, -0.25) is 19.4 Å². The molecule has 0 saturated carbocycles. The molecular formula is C16H18N4O5S. The third kappa shape index (κ3) is 4.61. The number of aliphatic carboxylic acids is 1. The van der Waals surface area contributed by atoms with E-state index < -0.39 is 30.4 Å². The fourth-order valence-electron chi connectivity index (χ4n) is 2.18. The molecule has 0 saturated heterocycles. The molecule has 138 valence electrons. The van der Waals surface area contributed by atoms with Gasteiger partial charge in [0.1, 0.15) is 12.3 Å². The number of nitrogens with one attached hydrogen (secondary N) is 1. The van der Waals surface area contributed by atoms with Gasteiger partial charge in [0.15, 0.2) is 0 Å². The first-order chi connectivity index (χ1) is 12.3. The molecule has 1 atom stereocenters. The number of fused-ring (bicyclic) bond motifs is 1. The third-order valence-electron chi connectivity index (χ3n) is 3.46. The van der Waals surface area contributed by atoms with Gasteiger partial charge in [0, 0.05) is 28.3 Å². The lowest BCUT2D eigenvalue weighted by Gasteiger charge is -2.13. The summed E-state index contributed by atoms with van der Waals surface area (Å²) in [6, 6.07) is 4.03. The van der Waals surface area contributed by atoms with Crippen LogP contribution >= 0.6 is 11.8 Å². The minimum Gasteiger partial charge on any atom is -0.496 e. The van der Waals surface area contributed by atoms with E-state index in [1.807, 2.05) is 0 Å². The molecule has 10 heteroatoms. The van der Waals surface area contributed by atoms with E-state index in [4.69, 9.17) is 21.3 Å². The third-order valence-corrected chi connectivity index (χ3v) is 4.65. The number of hydrogen-bond acceptors (Lipinski definition) is 7. The van der Waals surface area contributed by atoms with E-state index in [1.165, 1.54) is 18.9 Å². The topological polar surface area (TPSA) is 158 Å². The number of rotatable bonds is 8. The Kier molecular flexibility index (Phi) is 6.36. The number of amides is 2. The smallest absolute Gasteiger partial charge is 0.322 e. The molecule has 0 aliphatic rings. The first-order valence-corrected chi connectivity index (χ1v) is 8.46. The van der Waals surface area contributed by atoms with Crippen LogP contribution in [0.4, 0.5) is 0 Å². The maximum Gasteiger partial charge on any atom is 0.322 e. The number of carboxylic acids is 1. The number of nitrogens with two attached hydrogens (primary N) is 2. The normalized spacial score (nSPS) is 11.8. The Morgan fingerprint density at radius 2 is 2.12 bits per heavy atom. The Hall–Kier alpha value is -2.85. The van der Waals surface area contributed by atoms with E-state index in [-0.39, 0.29) is 11.3 Å². The second-order valence-electron chi connectivity index (χ2n) is 5.27. The van der Waals surface area contributed by atoms with E-state index >= 15 is 0 Å². The van der Waals surface area contributed by atoms with Gasteiger partial charge in [0.05, 0.1) is 24.2 Å². The second-order valence-corrected chi connectivity index (χ2v) is 6.33. The zero-order valence-electron chi connectivity index (χ0n) is 13.9. The van der Waals surface area contributed by atoms with Gasteiger partial charge >= 0.3 is 5.97 Å². The fraction of sp³-hybridized carbons (Fsp3) is 0.250. The van der Waals surface area contributed by atoms with E-state index in [9.17, 15) is 14.4 Å². The molecule has 0 spiro atoms. The van der Waals surface area contributed by atoms with Crippen LogP contribution in [-0.4, -0.2) is 53.3 Å². The number of carboxylic acid groups (broad SMARTS) is 1. The molecule has 2 aromatic rings. The summed E-state index contributed by atoms with van der Waals surface area (Å²) < 4.78 is 5.16. The van der Waals surface area contributed by atoms with Crippen LogP contribution in [0, 0.1) is 0 Å². The quantitative estimate of drug-likeness (QED) is 0.466. The fourth-order valence-corrected chi connectivity index (χ4v) is 3.17. The van der Waals surface area contributed by atoms with Crippen LogP contribution in [-0.2, 0) is 9.59 Å². The molecule has 1 heterocycles. The number of hydrogen-bond donors (Lipinski definition) is 4. The molecular weight excluding hydrogens is 360 g/mol. The molecule has 2 amide bonds. The second kappa shape index (κ2) is 8.50. The first kappa shape index (κ1) is 19.5. The van der Waals surface area contributed by atoms with Crippen LogP contribution in [0.2, 0.25) is 0 Å². The van der Waals surface area contributed by atoms with Crippen molar-refractivity contribution in [1.82, 2.24) is 10.3 Å². The maximum absolute atomic E-state index is 11.8. The standard InChI is InChI=1S/C16H18N4O5S/c1-25-12-5-11-8(4-9(12)15(18)23)13(2-3-19-11)26-7-10(17)16(24)20-6-14(21)22/h2-5,10H,6-7,17H2,1H3,(H2,18,23)(H,20,24)(H,21,22)/t10-/m0/s1. The molecule has 0 fully saturated rings. The summed E-state index contributed by atoms with van der Waals surface area (Å²) in [6.45, 7) is -0.489. The van der Waals surface area contributed by atoms with Gasteiger partial charge in [-0.2, -0.15) is 0 Å². The number of carbonyl (C=O) groups is 3. The molecule has 0 bridgehead atoms. The van der Waals surface area contributed by atoms with Crippen molar-refractivity contribution in [3.8, 4) is 5.75 Å². The Balaban J connectivity index is 2.21. The molecule has 0 radical (unpaired) electrons. The van der Waals surface area contributed by atoms with Crippen molar-refractivity contribution in [2.45, 2.75) is 10.9 Å². The summed E-state index contributed by atoms with van der Waals surface area (Å²) in [5, 5.41) is 11.5. The molecule has 2 rings (SSSR count). The zero-order chi connectivity index (χ0) is 19.3. The van der Waals surface area contributed by atoms with Crippen molar-refractivity contribution in [2.24, 2.45) is 11.5 Å². The van der Waals surface area contributed by atoms with Gasteiger partial charge in [-0.05, 0) is 12.1 Å². The number of methoxy groups -OCH3 is 1. The average molecular weight is 378 g/mol. The SMILES string of the molecule is COc1cc2nccc(SC[C@H](N)C(=O)NCC(=O)O)c2cc1C(N)=O. The highest BCUT2D eigenvalue weighted by atomic mass is 32.2. The highest BCUT2D eigenvalue weighted by Crippen LogP contribution is 2.31. The van der Waals surface area contributed by atoms with Crippen LogP contribution in [0.3, 0.4) is 0 Å². The van der Waals surface area contributed by atoms with E-state index in [0.29, 0.717) is 16.7 Å². The Morgan fingerprint density at radius 3 is 2.73 bits per heavy atom. The van der Waals surface area contributed by atoms with E-state index in [0.717, 1.165) is 4.90 Å². The number of aromatic nitrogens is 1. The van der Waals surface area contributed by atoms with Crippen LogP contribution in [0.5, 0.6) is 5.75 Å². The van der Waals surface area contributed by atoms with Gasteiger partial charge in [0.25, 0.3) is 5.91 Å². The van der Waals surface area contributed by atoms with Crippen molar-refractivity contribution in [2.75, 3.05) is 19.4 Å². The van der Waals surface area contributed by atoms with Crippen molar-refractivity contribution in [3.05, 3.63) is 30.0 Å². The summed E-state index contributed by atoms with van der Waals surface area (Å²) in [5.41, 5.74) is 12.0. The number of thioether (sulfide) groups is 1. The molecule has 6 N–H and O–H groups in total. The zero-order valence-corrected chi connectivity index (χ0v) is 14.7. The average Bonchev–Trinajstić information content (AvgIpc) is 2.62. The molecule has 0 unspecified atom stereocenters. The number of benzene rings is 1. The Morgan fingerprint density at radius 1 is 1.38 bits per heavy atom. The van der Waals surface area contributed by atoms with Crippen molar-refractivity contribution in [3.63, 3.8) is 0 Å². The summed E-state index contributed by atoms with van der Waals surface area (Å²) >= 11 is 1.29. The molecule has 1 aromatic carbocycles. The minimum atomic E-state index is -1.15. The number of ether oxygens (including phenoxy) is 1. The number of pyridine rings is 1. The van der Waals surface area contributed by atoms with E-state index in [2.05, 4.69) is 10.3 Å². The summed E-state index contributed by atoms with van der Waals surface area (Å²) in [6.07, 6.45) is 1.59. The summed E-state index contributed by atoms with van der Waals surface area (Å²) in [7, 11) is 1.43. The predicted octanol–water partition coefficient (Wildman–Crippen LogP) is -0.0375. The Bertz CT molecular complexity index is 858. The van der Waals surface area contributed by atoms with Crippen molar-refractivity contribution >= 4 is 40.4 Å². The predicted molar refractivity (Wildman–Crippen MR) is 96.2 cm³/mol. The highest BCUT2D eigenvalue weighted by Gasteiger charge is 2.17. The largest absolute Gasteiger partial charge is 0.496 e. The first-order valence-electron chi connectivity index (χ1n) is 7.48. The Labute approximate surface area is 153 Å². The molecule has 26 heavy (non-hydrogen) atoms. The van der Waals surface area contributed by atoms with Crippen molar-refractivity contribution < 1.29 is 24.2 Å². The lowest BCUT2D eigenvalue weighted by Crippen LogP contribution is -2.44. The minimum absolute atomic E-state index is 0.211. The van der Waals surface area contributed by atoms with Gasteiger partial charge in [-0.1, -0.05) is 0 Å². The van der Waals surface area contributed by atoms with Crippen molar-refractivity contribution in [1.29, 1.82) is 0 Å². The molecule has 0 aliphatic heterocycles. The number of nitrogens with zero attached hydrogens (tertiary/aromatic N) is 1. The monoisotopic (exact) mass is 378 g/mol. The van der Waals surface area contributed by atoms with Gasteiger partial charge < -0.3 is 26.6 Å². The summed E-state index contributed by atoms with van der Waals surface area (Å²) in [5.74, 6) is -1.80. The van der Waals surface area contributed by atoms with Crippen LogP contribution in [0.15, 0.2) is 29.3 Å². The highest BCUT2D eigenvalue weighted by molar-refractivity contribution is 7.99. The lowest BCUT2D eigenvalue weighted by molar-refractivity contribution is -0.138. The maximum atomic E-state index is 11.8. The summed E-state index contributed by atoms with van der Waals surface area (Å²) in [4.78, 5) is 38.8. The van der Waals surface area contributed by atoms with Gasteiger partial charge in [-0.15, -0.1) is 11.8 Å². The van der Waals surface area contributed by atoms with Gasteiger partial charge in [-0.25, -0.2) is 0 Å². The lowest BCUT2D eigenvalue weighted by atomic mass is 10.1. The number of primary amides is 1. The van der Waals surface area contributed by atoms with Crippen LogP contribution < -0.4 is 21.5 Å². The van der Waals surface area contributed by atoms with Crippen LogP contribution in [0.1, 0.15) is 10.4 Å². The van der Waals surface area contributed by atoms with Crippen LogP contribution in [0.25, 0.3) is 10.9 Å². The molecule has 0 aliphatic carbocycles. The molecule has 9 nitrogen and oxygen atoms in total. The van der Waals surface area contributed by atoms with Gasteiger partial charge in [0.2, 0.25) is 5.91 Å². The van der Waals surface area contributed by atoms with E-state index in [1.54, 1.807) is 24.4 Å². The molecule has 1 aromatic heterocycles.